The quantitative estimate of drug-likeness (QED) is 0.677. The van der Waals surface area contributed by atoms with Crippen molar-refractivity contribution in [3.8, 4) is 0 Å². The molecule has 0 radical (unpaired) electrons. The van der Waals surface area contributed by atoms with Crippen LogP contribution in [0.25, 0.3) is 11.0 Å². The zero-order chi connectivity index (χ0) is 14.1. The molecule has 20 heavy (non-hydrogen) atoms. The summed E-state index contributed by atoms with van der Waals surface area (Å²) in [5.74, 6) is 3.10. The molecule has 0 spiro atoms. The molecule has 2 atom stereocenters. The molecule has 2 aromatic rings. The molecule has 1 fully saturated rings. The summed E-state index contributed by atoms with van der Waals surface area (Å²) in [5.41, 5.74) is 2.25. The Morgan fingerprint density at radius 3 is 3.00 bits per heavy atom. The van der Waals surface area contributed by atoms with Crippen molar-refractivity contribution in [2.75, 3.05) is 0 Å². The molecule has 4 heteroatoms. The SMILES string of the molecule is CC1CCCC(Cn2c(CCl)nc3ccc(Br)cc32)C1. The molecule has 0 saturated heterocycles. The fourth-order valence-corrected chi connectivity index (χ4v) is 3.99. The first-order valence-electron chi connectivity index (χ1n) is 7.38. The number of aromatic nitrogens is 2. The van der Waals surface area contributed by atoms with Gasteiger partial charge in [-0.3, -0.25) is 0 Å². The lowest BCUT2D eigenvalue weighted by Crippen LogP contribution is -2.19. The molecule has 1 aliphatic rings. The first-order valence-corrected chi connectivity index (χ1v) is 8.70. The van der Waals surface area contributed by atoms with Gasteiger partial charge in [-0.2, -0.15) is 0 Å². The molecule has 1 aliphatic carbocycles. The zero-order valence-electron chi connectivity index (χ0n) is 11.8. The Hall–Kier alpha value is -0.540. The van der Waals surface area contributed by atoms with Gasteiger partial charge in [-0.1, -0.05) is 35.7 Å². The van der Waals surface area contributed by atoms with Crippen LogP contribution in [0.4, 0.5) is 0 Å². The van der Waals surface area contributed by atoms with Crippen molar-refractivity contribution >= 4 is 38.6 Å². The summed E-state index contributed by atoms with van der Waals surface area (Å²) in [6.45, 7) is 3.43. The highest BCUT2D eigenvalue weighted by molar-refractivity contribution is 9.10. The molecule has 108 valence electrons. The van der Waals surface area contributed by atoms with E-state index in [1.54, 1.807) is 0 Å². The Balaban J connectivity index is 1.94. The van der Waals surface area contributed by atoms with Crippen LogP contribution in [0.1, 0.15) is 38.4 Å². The number of nitrogens with zero attached hydrogens (tertiary/aromatic N) is 2. The predicted molar refractivity (Wildman–Crippen MR) is 88.1 cm³/mol. The Labute approximate surface area is 133 Å². The minimum atomic E-state index is 0.481. The number of fused-ring (bicyclic) bond motifs is 1. The topological polar surface area (TPSA) is 17.8 Å². The number of halogens is 2. The average molecular weight is 356 g/mol. The standard InChI is InChI=1S/C16H20BrClN2/c1-11-3-2-4-12(7-11)10-20-15-8-13(17)5-6-14(15)19-16(20)9-18/h5-6,8,11-12H,2-4,7,9-10H2,1H3. The van der Waals surface area contributed by atoms with Crippen molar-refractivity contribution in [3.05, 3.63) is 28.5 Å². The van der Waals surface area contributed by atoms with Crippen LogP contribution in [-0.2, 0) is 12.4 Å². The van der Waals surface area contributed by atoms with E-state index in [2.05, 4.69) is 44.5 Å². The lowest BCUT2D eigenvalue weighted by molar-refractivity contribution is 0.257. The van der Waals surface area contributed by atoms with Gasteiger partial charge in [0.1, 0.15) is 5.82 Å². The molecule has 3 rings (SSSR count). The second kappa shape index (κ2) is 6.07. The Morgan fingerprint density at radius 2 is 2.25 bits per heavy atom. The highest BCUT2D eigenvalue weighted by Gasteiger charge is 2.21. The summed E-state index contributed by atoms with van der Waals surface area (Å²) in [6, 6.07) is 6.26. The summed E-state index contributed by atoms with van der Waals surface area (Å²) in [4.78, 5) is 4.67. The second-order valence-electron chi connectivity index (χ2n) is 6.04. The lowest BCUT2D eigenvalue weighted by atomic mass is 9.82. The maximum atomic E-state index is 6.09. The van der Waals surface area contributed by atoms with E-state index in [0.717, 1.165) is 34.2 Å². The number of hydrogen-bond donors (Lipinski definition) is 0. The van der Waals surface area contributed by atoms with E-state index in [1.807, 2.05) is 6.07 Å². The molecule has 1 saturated carbocycles. The Morgan fingerprint density at radius 1 is 1.40 bits per heavy atom. The van der Waals surface area contributed by atoms with E-state index in [1.165, 1.54) is 31.2 Å². The van der Waals surface area contributed by atoms with E-state index in [-0.39, 0.29) is 0 Å². The van der Waals surface area contributed by atoms with Gasteiger partial charge in [0.05, 0.1) is 16.9 Å². The molecule has 0 aliphatic heterocycles. The molecule has 0 N–H and O–H groups in total. The van der Waals surface area contributed by atoms with Gasteiger partial charge in [0, 0.05) is 11.0 Å². The van der Waals surface area contributed by atoms with E-state index in [4.69, 9.17) is 11.6 Å². The van der Waals surface area contributed by atoms with Crippen LogP contribution in [0.2, 0.25) is 0 Å². The third-order valence-electron chi connectivity index (χ3n) is 4.39. The first-order chi connectivity index (χ1) is 9.67. The minimum Gasteiger partial charge on any atom is -0.327 e. The van der Waals surface area contributed by atoms with E-state index in [0.29, 0.717) is 5.88 Å². The largest absolute Gasteiger partial charge is 0.327 e. The normalized spacial score (nSPS) is 23.4. The molecule has 0 amide bonds. The summed E-state index contributed by atoms with van der Waals surface area (Å²) in [5, 5.41) is 0. The number of hydrogen-bond acceptors (Lipinski definition) is 1. The van der Waals surface area contributed by atoms with Crippen molar-refractivity contribution in [2.24, 2.45) is 11.8 Å². The fraction of sp³-hybridized carbons (Fsp3) is 0.562. The van der Waals surface area contributed by atoms with Crippen molar-refractivity contribution in [3.63, 3.8) is 0 Å². The van der Waals surface area contributed by atoms with Gasteiger partial charge < -0.3 is 4.57 Å². The van der Waals surface area contributed by atoms with Gasteiger partial charge in [-0.25, -0.2) is 4.98 Å². The Kier molecular flexibility index (Phi) is 4.37. The third-order valence-corrected chi connectivity index (χ3v) is 5.13. The van der Waals surface area contributed by atoms with E-state index >= 15 is 0 Å². The first kappa shape index (κ1) is 14.4. The molecule has 0 bridgehead atoms. The van der Waals surface area contributed by atoms with Crippen molar-refractivity contribution in [1.29, 1.82) is 0 Å². The maximum absolute atomic E-state index is 6.09. The highest BCUT2D eigenvalue weighted by Crippen LogP contribution is 2.31. The fourth-order valence-electron chi connectivity index (χ4n) is 3.44. The van der Waals surface area contributed by atoms with E-state index in [9.17, 15) is 0 Å². The van der Waals surface area contributed by atoms with Crippen LogP contribution in [0.15, 0.2) is 22.7 Å². The monoisotopic (exact) mass is 354 g/mol. The smallest absolute Gasteiger partial charge is 0.124 e. The zero-order valence-corrected chi connectivity index (χ0v) is 14.1. The lowest BCUT2D eigenvalue weighted by Gasteiger charge is -2.27. The van der Waals surface area contributed by atoms with Gasteiger partial charge in [0.2, 0.25) is 0 Å². The molecule has 2 unspecified atom stereocenters. The number of alkyl halides is 1. The third kappa shape index (κ3) is 2.89. The van der Waals surface area contributed by atoms with Gasteiger partial charge in [0.15, 0.2) is 0 Å². The van der Waals surface area contributed by atoms with Crippen molar-refractivity contribution in [1.82, 2.24) is 9.55 Å². The van der Waals surface area contributed by atoms with Crippen LogP contribution >= 0.6 is 27.5 Å². The maximum Gasteiger partial charge on any atom is 0.124 e. The minimum absolute atomic E-state index is 0.481. The molecule has 1 aromatic carbocycles. The molecular formula is C16H20BrClN2. The van der Waals surface area contributed by atoms with Crippen LogP contribution in [0.3, 0.4) is 0 Å². The number of imidazole rings is 1. The van der Waals surface area contributed by atoms with Gasteiger partial charge in [-0.05, 0) is 42.9 Å². The van der Waals surface area contributed by atoms with Crippen LogP contribution < -0.4 is 0 Å². The second-order valence-corrected chi connectivity index (χ2v) is 7.23. The van der Waals surface area contributed by atoms with Crippen molar-refractivity contribution < 1.29 is 0 Å². The predicted octanol–water partition coefficient (Wildman–Crippen LogP) is 5.36. The number of rotatable bonds is 3. The number of benzene rings is 1. The van der Waals surface area contributed by atoms with Gasteiger partial charge in [0.25, 0.3) is 0 Å². The van der Waals surface area contributed by atoms with Crippen LogP contribution in [0, 0.1) is 11.8 Å². The van der Waals surface area contributed by atoms with Crippen LogP contribution in [0.5, 0.6) is 0 Å². The molecule has 2 nitrogen and oxygen atoms in total. The summed E-state index contributed by atoms with van der Waals surface area (Å²) in [7, 11) is 0. The summed E-state index contributed by atoms with van der Waals surface area (Å²) in [6.07, 6.45) is 5.41. The van der Waals surface area contributed by atoms with Crippen molar-refractivity contribution in [2.45, 2.75) is 45.0 Å². The average Bonchev–Trinajstić information content (AvgIpc) is 2.76. The molecular weight excluding hydrogens is 336 g/mol. The summed E-state index contributed by atoms with van der Waals surface area (Å²) < 4.78 is 3.43. The molecule has 1 aromatic heterocycles. The van der Waals surface area contributed by atoms with Crippen LogP contribution in [-0.4, -0.2) is 9.55 Å². The highest BCUT2D eigenvalue weighted by atomic mass is 79.9. The van der Waals surface area contributed by atoms with E-state index < -0.39 is 0 Å². The molecule has 1 heterocycles. The summed E-state index contributed by atoms with van der Waals surface area (Å²) >= 11 is 9.65. The van der Waals surface area contributed by atoms with Gasteiger partial charge in [-0.15, -0.1) is 11.6 Å². The Bertz CT molecular complexity index is 608. The van der Waals surface area contributed by atoms with Gasteiger partial charge >= 0.3 is 0 Å².